The van der Waals surface area contributed by atoms with Crippen molar-refractivity contribution in [3.63, 3.8) is 0 Å². The third-order valence-electron chi connectivity index (χ3n) is 1.36. The molecule has 11 heavy (non-hydrogen) atoms. The molecule has 0 bridgehead atoms. The molecule has 0 amide bonds. The van der Waals surface area contributed by atoms with Crippen LogP contribution in [0.1, 0.15) is 5.69 Å². The highest BCUT2D eigenvalue weighted by Gasteiger charge is 1.96. The van der Waals surface area contributed by atoms with Crippen LogP contribution in [0.15, 0.2) is 24.4 Å². The fraction of sp³-hybridized carbons (Fsp3) is 0.375. The zero-order valence-corrected chi connectivity index (χ0v) is 7.25. The van der Waals surface area contributed by atoms with Crippen LogP contribution in [0, 0.1) is 0 Å². The lowest BCUT2D eigenvalue weighted by Gasteiger charge is -2.10. The Kier molecular flexibility index (Phi) is 3.33. The molecule has 1 aromatic rings. The molecule has 1 aromatic heterocycles. The molecule has 1 heterocycles. The highest BCUT2D eigenvalue weighted by Crippen LogP contribution is 1.98. The zero-order valence-electron chi connectivity index (χ0n) is 6.50. The van der Waals surface area contributed by atoms with Crippen molar-refractivity contribution < 1.29 is 0 Å². The number of hydrogen-bond acceptors (Lipinski definition) is 2. The lowest BCUT2D eigenvalue weighted by atomic mass is 10.3. The highest BCUT2D eigenvalue weighted by molar-refractivity contribution is 6.17. The van der Waals surface area contributed by atoms with Crippen LogP contribution in [-0.4, -0.2) is 22.9 Å². The van der Waals surface area contributed by atoms with Gasteiger partial charge in [0, 0.05) is 12.7 Å². The van der Waals surface area contributed by atoms with E-state index in [1.807, 2.05) is 30.1 Å². The minimum absolute atomic E-state index is 0.538. The van der Waals surface area contributed by atoms with E-state index in [0.29, 0.717) is 6.00 Å². The van der Waals surface area contributed by atoms with Crippen LogP contribution in [0.2, 0.25) is 0 Å². The standard InChI is InChI=1S/C8H11ClN2/c1-11(7-9)6-8-4-2-3-5-10-8/h2-5H,6-7H2,1H3. The molecule has 0 aromatic carbocycles. The van der Waals surface area contributed by atoms with Crippen molar-refractivity contribution in [1.29, 1.82) is 0 Å². The first kappa shape index (κ1) is 8.50. The zero-order chi connectivity index (χ0) is 8.10. The average molecular weight is 171 g/mol. The van der Waals surface area contributed by atoms with Gasteiger partial charge in [0.2, 0.25) is 0 Å². The largest absolute Gasteiger partial charge is 0.287 e. The van der Waals surface area contributed by atoms with Gasteiger partial charge in [-0.15, -0.1) is 11.6 Å². The lowest BCUT2D eigenvalue weighted by molar-refractivity contribution is 0.377. The first-order valence-corrected chi connectivity index (χ1v) is 4.01. The van der Waals surface area contributed by atoms with E-state index in [2.05, 4.69) is 4.98 Å². The van der Waals surface area contributed by atoms with E-state index in [0.717, 1.165) is 12.2 Å². The van der Waals surface area contributed by atoms with E-state index < -0.39 is 0 Å². The first-order chi connectivity index (χ1) is 5.33. The van der Waals surface area contributed by atoms with Gasteiger partial charge >= 0.3 is 0 Å². The van der Waals surface area contributed by atoms with Crippen LogP contribution in [0.4, 0.5) is 0 Å². The van der Waals surface area contributed by atoms with Crippen molar-refractivity contribution in [2.24, 2.45) is 0 Å². The van der Waals surface area contributed by atoms with E-state index in [1.54, 1.807) is 6.20 Å². The fourth-order valence-electron chi connectivity index (χ4n) is 0.810. The highest BCUT2D eigenvalue weighted by atomic mass is 35.5. The predicted molar refractivity (Wildman–Crippen MR) is 46.4 cm³/mol. The molecule has 0 unspecified atom stereocenters. The Morgan fingerprint density at radius 3 is 2.91 bits per heavy atom. The molecule has 0 aliphatic rings. The number of alkyl halides is 1. The van der Waals surface area contributed by atoms with Gasteiger partial charge < -0.3 is 0 Å². The van der Waals surface area contributed by atoms with E-state index in [-0.39, 0.29) is 0 Å². The molecule has 2 nitrogen and oxygen atoms in total. The van der Waals surface area contributed by atoms with Crippen LogP contribution in [0.5, 0.6) is 0 Å². The van der Waals surface area contributed by atoms with Crippen molar-refractivity contribution in [3.8, 4) is 0 Å². The maximum atomic E-state index is 5.60. The molecule has 0 saturated carbocycles. The van der Waals surface area contributed by atoms with Crippen LogP contribution < -0.4 is 0 Å². The number of pyridine rings is 1. The molecule has 0 saturated heterocycles. The average Bonchev–Trinajstić information content (AvgIpc) is 2.06. The first-order valence-electron chi connectivity index (χ1n) is 3.47. The van der Waals surface area contributed by atoms with Crippen molar-refractivity contribution in [2.45, 2.75) is 6.54 Å². The summed E-state index contributed by atoms with van der Waals surface area (Å²) in [5.74, 6) is 0. The third kappa shape index (κ3) is 2.87. The Morgan fingerprint density at radius 1 is 1.55 bits per heavy atom. The van der Waals surface area contributed by atoms with Gasteiger partial charge in [-0.2, -0.15) is 0 Å². The van der Waals surface area contributed by atoms with Crippen LogP contribution in [0.3, 0.4) is 0 Å². The molecule has 0 radical (unpaired) electrons. The second-order valence-electron chi connectivity index (χ2n) is 2.45. The van der Waals surface area contributed by atoms with E-state index in [4.69, 9.17) is 11.6 Å². The summed E-state index contributed by atoms with van der Waals surface area (Å²) < 4.78 is 0. The Hall–Kier alpha value is -0.600. The second kappa shape index (κ2) is 4.31. The van der Waals surface area contributed by atoms with E-state index >= 15 is 0 Å². The van der Waals surface area contributed by atoms with Gasteiger partial charge in [0.25, 0.3) is 0 Å². The van der Waals surface area contributed by atoms with Crippen LogP contribution in [0.25, 0.3) is 0 Å². The molecule has 0 atom stereocenters. The van der Waals surface area contributed by atoms with E-state index in [1.165, 1.54) is 0 Å². The number of rotatable bonds is 3. The number of nitrogens with zero attached hydrogens (tertiary/aromatic N) is 2. The lowest BCUT2D eigenvalue weighted by Crippen LogP contribution is -2.15. The monoisotopic (exact) mass is 170 g/mol. The Labute approximate surface area is 71.8 Å². The summed E-state index contributed by atoms with van der Waals surface area (Å²) in [6.45, 7) is 0.810. The van der Waals surface area contributed by atoms with Gasteiger partial charge in [-0.05, 0) is 19.2 Å². The topological polar surface area (TPSA) is 16.1 Å². The molecule has 60 valence electrons. The summed E-state index contributed by atoms with van der Waals surface area (Å²) in [6.07, 6.45) is 1.79. The van der Waals surface area contributed by atoms with Gasteiger partial charge in [0.05, 0.1) is 11.7 Å². The minimum atomic E-state index is 0.538. The van der Waals surface area contributed by atoms with Gasteiger partial charge in [-0.25, -0.2) is 0 Å². The van der Waals surface area contributed by atoms with Gasteiger partial charge in [0.15, 0.2) is 0 Å². The Bertz CT molecular complexity index is 201. The van der Waals surface area contributed by atoms with E-state index in [9.17, 15) is 0 Å². The number of hydrogen-bond donors (Lipinski definition) is 0. The van der Waals surface area contributed by atoms with Gasteiger partial charge in [-0.1, -0.05) is 6.07 Å². The van der Waals surface area contributed by atoms with Crippen molar-refractivity contribution >= 4 is 11.6 Å². The Morgan fingerprint density at radius 2 is 2.36 bits per heavy atom. The molecule has 0 fully saturated rings. The quantitative estimate of drug-likeness (QED) is 0.507. The summed E-state index contributed by atoms with van der Waals surface area (Å²) >= 11 is 5.60. The molecule has 1 rings (SSSR count). The van der Waals surface area contributed by atoms with Crippen molar-refractivity contribution in [1.82, 2.24) is 9.88 Å². The molecule has 0 aliphatic heterocycles. The smallest absolute Gasteiger partial charge is 0.0739 e. The predicted octanol–water partition coefficient (Wildman–Crippen LogP) is 1.71. The van der Waals surface area contributed by atoms with Gasteiger partial charge in [0.1, 0.15) is 0 Å². The maximum absolute atomic E-state index is 5.60. The molecule has 3 heteroatoms. The van der Waals surface area contributed by atoms with Gasteiger partial charge in [-0.3, -0.25) is 9.88 Å². The third-order valence-corrected chi connectivity index (χ3v) is 1.77. The molecule has 0 N–H and O–H groups in total. The van der Waals surface area contributed by atoms with Crippen molar-refractivity contribution in [3.05, 3.63) is 30.1 Å². The normalized spacial score (nSPS) is 10.5. The SMILES string of the molecule is CN(CCl)Cc1ccccn1. The van der Waals surface area contributed by atoms with Crippen LogP contribution >= 0.6 is 11.6 Å². The summed E-state index contributed by atoms with van der Waals surface area (Å²) in [6, 6.07) is 6.41. The molecular formula is C8H11ClN2. The van der Waals surface area contributed by atoms with Crippen molar-refractivity contribution in [2.75, 3.05) is 13.1 Å². The summed E-state index contributed by atoms with van der Waals surface area (Å²) in [5, 5.41) is 0. The maximum Gasteiger partial charge on any atom is 0.0739 e. The summed E-state index contributed by atoms with van der Waals surface area (Å²) in [7, 11) is 1.96. The second-order valence-corrected chi connectivity index (χ2v) is 2.69. The molecular weight excluding hydrogens is 160 g/mol. The minimum Gasteiger partial charge on any atom is -0.287 e. The number of halogens is 1. The molecule has 0 aliphatic carbocycles. The summed E-state index contributed by atoms with van der Waals surface area (Å²) in [4.78, 5) is 6.16. The Balaban J connectivity index is 2.51. The summed E-state index contributed by atoms with van der Waals surface area (Å²) in [5.41, 5.74) is 1.05. The van der Waals surface area contributed by atoms with Crippen LogP contribution in [-0.2, 0) is 6.54 Å². The number of aromatic nitrogens is 1. The molecule has 0 spiro atoms. The fourth-order valence-corrected chi connectivity index (χ4v) is 0.895.